The van der Waals surface area contributed by atoms with Crippen LogP contribution >= 0.6 is 0 Å². The molecular weight excluding hydrogens is 272 g/mol. The third-order valence-corrected chi connectivity index (χ3v) is 3.42. The summed E-state index contributed by atoms with van der Waals surface area (Å²) >= 11 is 0. The second kappa shape index (κ2) is 10.1. The van der Waals surface area contributed by atoms with Crippen molar-refractivity contribution in [1.82, 2.24) is 5.32 Å². The van der Waals surface area contributed by atoms with Crippen LogP contribution in [0.4, 0.5) is 0 Å². The molecule has 1 rings (SSSR count). The summed E-state index contributed by atoms with van der Waals surface area (Å²) in [5.41, 5.74) is 5.89. The van der Waals surface area contributed by atoms with Crippen LogP contribution in [0.25, 0.3) is 0 Å². The lowest BCUT2D eigenvalue weighted by molar-refractivity contribution is -0.140. The predicted molar refractivity (Wildman–Crippen MR) is 80.7 cm³/mol. The zero-order valence-corrected chi connectivity index (χ0v) is 13.0. The van der Waals surface area contributed by atoms with Crippen molar-refractivity contribution in [1.29, 1.82) is 0 Å². The average Bonchev–Trinajstić information content (AvgIpc) is 2.55. The van der Waals surface area contributed by atoms with Gasteiger partial charge in [0.15, 0.2) is 5.78 Å². The van der Waals surface area contributed by atoms with Crippen molar-refractivity contribution in [2.45, 2.75) is 52.0 Å². The number of carboxylic acid groups (broad SMARTS) is 1. The number of primary amides is 1. The van der Waals surface area contributed by atoms with E-state index in [-0.39, 0.29) is 12.3 Å². The number of rotatable bonds is 5. The van der Waals surface area contributed by atoms with Gasteiger partial charge in [0.05, 0.1) is 0 Å². The van der Waals surface area contributed by atoms with Gasteiger partial charge in [-0.3, -0.25) is 14.4 Å². The Morgan fingerprint density at radius 2 is 2.05 bits per heavy atom. The number of nitrogens with one attached hydrogen (secondary N) is 1. The first-order valence-electron chi connectivity index (χ1n) is 7.17. The standard InChI is InChI=1S/C8H12O.C7H14N2O3/c1-7-5-3-2-4-6-8(7)9;1-4(3-5(8)10)6(9-2)7(11)12/h5H,2-4,6H2,1H3;4,6,9H,3H2,1-2H3,(H2,8,10)(H,11,12). The Bertz CT molecular complexity index is 404. The van der Waals surface area contributed by atoms with Gasteiger partial charge >= 0.3 is 5.97 Å². The molecule has 0 aromatic rings. The number of allylic oxidation sites excluding steroid dienone is 2. The van der Waals surface area contributed by atoms with Crippen LogP contribution in [0.5, 0.6) is 0 Å². The predicted octanol–water partition coefficient (Wildman–Crippen LogP) is 1.25. The Labute approximate surface area is 125 Å². The van der Waals surface area contributed by atoms with Crippen LogP contribution < -0.4 is 11.1 Å². The highest BCUT2D eigenvalue weighted by Gasteiger charge is 2.23. The number of Topliss-reactive ketones (excluding diaryl/α,β-unsaturated/α-hetero) is 1. The number of carbonyl (C=O) groups is 3. The first-order chi connectivity index (χ1) is 9.79. The second-order valence-electron chi connectivity index (χ2n) is 5.31. The smallest absolute Gasteiger partial charge is 0.320 e. The van der Waals surface area contributed by atoms with Crippen LogP contribution in [0, 0.1) is 5.92 Å². The normalized spacial score (nSPS) is 17.7. The molecular formula is C15H26N2O4. The van der Waals surface area contributed by atoms with Crippen molar-refractivity contribution in [3.8, 4) is 0 Å². The van der Waals surface area contributed by atoms with Crippen LogP contribution in [-0.2, 0) is 14.4 Å². The van der Waals surface area contributed by atoms with Gasteiger partial charge in [-0.15, -0.1) is 0 Å². The van der Waals surface area contributed by atoms with Gasteiger partial charge < -0.3 is 16.2 Å². The SMILES string of the molecule is CC1=CCCCCC1=O.CNC(C(=O)O)C(C)CC(N)=O. The molecule has 0 spiro atoms. The van der Waals surface area contributed by atoms with E-state index in [9.17, 15) is 14.4 Å². The monoisotopic (exact) mass is 298 g/mol. The molecule has 120 valence electrons. The van der Waals surface area contributed by atoms with E-state index in [2.05, 4.69) is 11.4 Å². The maximum absolute atomic E-state index is 10.9. The van der Waals surface area contributed by atoms with Crippen LogP contribution in [0.15, 0.2) is 11.6 Å². The van der Waals surface area contributed by atoms with Crippen molar-refractivity contribution < 1.29 is 19.5 Å². The summed E-state index contributed by atoms with van der Waals surface area (Å²) in [6, 6.07) is -0.711. The van der Waals surface area contributed by atoms with E-state index in [0.717, 1.165) is 24.8 Å². The molecule has 1 aliphatic rings. The molecule has 0 heterocycles. The number of amides is 1. The van der Waals surface area contributed by atoms with E-state index in [4.69, 9.17) is 10.8 Å². The highest BCUT2D eigenvalue weighted by molar-refractivity contribution is 5.94. The third-order valence-electron chi connectivity index (χ3n) is 3.42. The van der Waals surface area contributed by atoms with Gasteiger partial charge in [0.25, 0.3) is 0 Å². The highest BCUT2D eigenvalue weighted by atomic mass is 16.4. The van der Waals surface area contributed by atoms with Crippen molar-refractivity contribution in [3.05, 3.63) is 11.6 Å². The minimum atomic E-state index is -0.966. The fraction of sp³-hybridized carbons (Fsp3) is 0.667. The fourth-order valence-electron chi connectivity index (χ4n) is 2.15. The minimum absolute atomic E-state index is 0.0812. The molecule has 0 saturated heterocycles. The summed E-state index contributed by atoms with van der Waals surface area (Å²) < 4.78 is 0. The number of carboxylic acids is 1. The Morgan fingerprint density at radius 3 is 2.52 bits per heavy atom. The molecule has 21 heavy (non-hydrogen) atoms. The van der Waals surface area contributed by atoms with E-state index in [1.807, 2.05) is 6.92 Å². The molecule has 0 saturated carbocycles. The number of carbonyl (C=O) groups excluding carboxylic acids is 2. The number of likely N-dealkylation sites (N-methyl/N-ethyl adjacent to an activating group) is 1. The number of nitrogens with two attached hydrogens (primary N) is 1. The van der Waals surface area contributed by atoms with Gasteiger partial charge in [0, 0.05) is 12.8 Å². The minimum Gasteiger partial charge on any atom is -0.480 e. The summed E-state index contributed by atoms with van der Waals surface area (Å²) in [5.74, 6) is -1.40. The number of aliphatic carboxylic acids is 1. The molecule has 1 aliphatic carbocycles. The van der Waals surface area contributed by atoms with Gasteiger partial charge in [-0.1, -0.05) is 13.0 Å². The molecule has 1 amide bonds. The van der Waals surface area contributed by atoms with Crippen LogP contribution in [0.2, 0.25) is 0 Å². The van der Waals surface area contributed by atoms with E-state index >= 15 is 0 Å². The zero-order valence-electron chi connectivity index (χ0n) is 13.0. The lowest BCUT2D eigenvalue weighted by Gasteiger charge is -2.17. The Balaban J connectivity index is 0.000000394. The number of ketones is 1. The van der Waals surface area contributed by atoms with Crippen molar-refractivity contribution in [3.63, 3.8) is 0 Å². The molecule has 0 aromatic heterocycles. The van der Waals surface area contributed by atoms with Crippen LogP contribution in [0.1, 0.15) is 46.0 Å². The van der Waals surface area contributed by atoms with E-state index in [1.165, 1.54) is 13.5 Å². The van der Waals surface area contributed by atoms with E-state index in [0.29, 0.717) is 5.78 Å². The highest BCUT2D eigenvalue weighted by Crippen LogP contribution is 2.12. The van der Waals surface area contributed by atoms with Crippen LogP contribution in [-0.4, -0.2) is 35.9 Å². The van der Waals surface area contributed by atoms with Crippen molar-refractivity contribution in [2.24, 2.45) is 11.7 Å². The molecule has 2 unspecified atom stereocenters. The zero-order chi connectivity index (χ0) is 16.4. The first-order valence-corrected chi connectivity index (χ1v) is 7.17. The maximum Gasteiger partial charge on any atom is 0.320 e. The Kier molecular flexibility index (Phi) is 9.28. The second-order valence-corrected chi connectivity index (χ2v) is 5.31. The van der Waals surface area contributed by atoms with Crippen molar-refractivity contribution in [2.75, 3.05) is 7.05 Å². The van der Waals surface area contributed by atoms with Gasteiger partial charge in [-0.05, 0) is 44.7 Å². The number of hydrogen-bond donors (Lipinski definition) is 3. The van der Waals surface area contributed by atoms with Gasteiger partial charge in [0.1, 0.15) is 6.04 Å². The summed E-state index contributed by atoms with van der Waals surface area (Å²) in [6.07, 6.45) is 6.25. The first kappa shape index (κ1) is 19.3. The lowest BCUT2D eigenvalue weighted by Crippen LogP contribution is -2.41. The summed E-state index contributed by atoms with van der Waals surface area (Å²) in [7, 11) is 1.54. The average molecular weight is 298 g/mol. The fourth-order valence-corrected chi connectivity index (χ4v) is 2.15. The molecule has 0 aliphatic heterocycles. The summed E-state index contributed by atoms with van der Waals surface area (Å²) in [5, 5.41) is 11.2. The quantitative estimate of drug-likeness (QED) is 0.707. The molecule has 6 nitrogen and oxygen atoms in total. The van der Waals surface area contributed by atoms with Gasteiger partial charge in [-0.25, -0.2) is 0 Å². The van der Waals surface area contributed by atoms with Gasteiger partial charge in [-0.2, -0.15) is 0 Å². The molecule has 0 bridgehead atoms. The van der Waals surface area contributed by atoms with Crippen molar-refractivity contribution >= 4 is 17.7 Å². The molecule has 2 atom stereocenters. The maximum atomic E-state index is 10.9. The van der Waals surface area contributed by atoms with Gasteiger partial charge in [0.2, 0.25) is 5.91 Å². The molecule has 0 fully saturated rings. The van der Waals surface area contributed by atoms with E-state index in [1.54, 1.807) is 6.92 Å². The Hall–Kier alpha value is -1.69. The van der Waals surface area contributed by atoms with E-state index < -0.39 is 17.9 Å². The summed E-state index contributed by atoms with van der Waals surface area (Å²) in [4.78, 5) is 31.9. The molecule has 4 N–H and O–H groups in total. The molecule has 0 radical (unpaired) electrons. The molecule has 0 aromatic carbocycles. The largest absolute Gasteiger partial charge is 0.480 e. The number of hydrogen-bond acceptors (Lipinski definition) is 4. The topological polar surface area (TPSA) is 109 Å². The summed E-state index contributed by atoms with van der Waals surface area (Å²) in [6.45, 7) is 3.58. The van der Waals surface area contributed by atoms with Crippen LogP contribution in [0.3, 0.4) is 0 Å². The Morgan fingerprint density at radius 1 is 1.43 bits per heavy atom. The molecule has 6 heteroatoms. The lowest BCUT2D eigenvalue weighted by atomic mass is 9.98. The third kappa shape index (κ3) is 8.24.